The molecule has 2 rings (SSSR count). The zero-order chi connectivity index (χ0) is 18.4. The first-order chi connectivity index (χ1) is 11.9. The summed E-state index contributed by atoms with van der Waals surface area (Å²) in [5, 5.41) is 2.83. The van der Waals surface area contributed by atoms with Crippen LogP contribution in [0.3, 0.4) is 0 Å². The van der Waals surface area contributed by atoms with Gasteiger partial charge in [-0.15, -0.1) is 0 Å². The molecule has 2 aromatic carbocycles. The second-order valence-corrected chi connectivity index (χ2v) is 5.74. The van der Waals surface area contributed by atoms with Gasteiger partial charge < -0.3 is 10.1 Å². The minimum absolute atomic E-state index is 0.0878. The summed E-state index contributed by atoms with van der Waals surface area (Å²) >= 11 is 11.6. The molecule has 130 valence electrons. The average Bonchev–Trinajstić information content (AvgIpc) is 2.57. The maximum atomic E-state index is 13.0. The molecule has 0 aliphatic rings. The second kappa shape index (κ2) is 8.60. The maximum Gasteiger partial charge on any atom is 0.325 e. The first kappa shape index (κ1) is 18.9. The standard InChI is InChI=1S/C17H12Cl2FNO4/c18-11-4-5-13(14(19)7-11)17(24)21-8-16(23)25-9-15(22)10-2-1-3-12(20)6-10/h1-7H,8-9H2,(H,21,24). The second-order valence-electron chi connectivity index (χ2n) is 4.90. The van der Waals surface area contributed by atoms with Gasteiger partial charge in [-0.1, -0.05) is 35.3 Å². The number of hydrogen-bond acceptors (Lipinski definition) is 4. The van der Waals surface area contributed by atoms with Crippen molar-refractivity contribution in [3.63, 3.8) is 0 Å². The molecule has 0 heterocycles. The number of carbonyl (C=O) groups is 3. The van der Waals surface area contributed by atoms with Crippen LogP contribution < -0.4 is 5.32 Å². The number of benzene rings is 2. The van der Waals surface area contributed by atoms with E-state index in [0.29, 0.717) is 5.02 Å². The summed E-state index contributed by atoms with van der Waals surface area (Å²) in [4.78, 5) is 35.3. The van der Waals surface area contributed by atoms with E-state index in [1.54, 1.807) is 0 Å². The fourth-order valence-electron chi connectivity index (χ4n) is 1.86. The molecular formula is C17H12Cl2FNO4. The fourth-order valence-corrected chi connectivity index (χ4v) is 2.36. The molecule has 0 aliphatic carbocycles. The van der Waals surface area contributed by atoms with E-state index in [-0.39, 0.29) is 16.1 Å². The van der Waals surface area contributed by atoms with Gasteiger partial charge in [-0.25, -0.2) is 4.39 Å². The van der Waals surface area contributed by atoms with E-state index in [2.05, 4.69) is 5.32 Å². The van der Waals surface area contributed by atoms with Gasteiger partial charge in [0.25, 0.3) is 5.91 Å². The average molecular weight is 384 g/mol. The van der Waals surface area contributed by atoms with Crippen molar-refractivity contribution in [3.05, 3.63) is 69.5 Å². The van der Waals surface area contributed by atoms with Crippen molar-refractivity contribution in [2.45, 2.75) is 0 Å². The Bertz CT molecular complexity index is 826. The summed E-state index contributed by atoms with van der Waals surface area (Å²) in [5.41, 5.74) is 0.236. The van der Waals surface area contributed by atoms with Gasteiger partial charge in [0.1, 0.15) is 12.4 Å². The topological polar surface area (TPSA) is 72.5 Å². The lowest BCUT2D eigenvalue weighted by atomic mass is 10.1. The van der Waals surface area contributed by atoms with Crippen molar-refractivity contribution in [2.75, 3.05) is 13.2 Å². The van der Waals surface area contributed by atoms with Crippen molar-refractivity contribution in [1.29, 1.82) is 0 Å². The number of esters is 1. The highest BCUT2D eigenvalue weighted by Gasteiger charge is 2.14. The largest absolute Gasteiger partial charge is 0.456 e. The molecule has 0 aliphatic heterocycles. The van der Waals surface area contributed by atoms with Crippen LogP contribution in [0.25, 0.3) is 0 Å². The minimum atomic E-state index is -0.816. The number of carbonyl (C=O) groups excluding carboxylic acids is 3. The summed E-state index contributed by atoms with van der Waals surface area (Å²) in [5.74, 6) is -2.53. The van der Waals surface area contributed by atoms with E-state index in [1.165, 1.54) is 36.4 Å². The first-order valence-electron chi connectivity index (χ1n) is 7.04. The minimum Gasteiger partial charge on any atom is -0.456 e. The van der Waals surface area contributed by atoms with Crippen LogP contribution in [0.15, 0.2) is 42.5 Å². The van der Waals surface area contributed by atoms with E-state index in [9.17, 15) is 18.8 Å². The summed E-state index contributed by atoms with van der Waals surface area (Å²) in [6.45, 7) is -1.01. The molecule has 8 heteroatoms. The van der Waals surface area contributed by atoms with Gasteiger partial charge in [-0.05, 0) is 30.3 Å². The van der Waals surface area contributed by atoms with Gasteiger partial charge in [0.2, 0.25) is 0 Å². The van der Waals surface area contributed by atoms with Crippen molar-refractivity contribution < 1.29 is 23.5 Å². The Labute approximate surface area is 152 Å². The number of rotatable bonds is 6. The fraction of sp³-hybridized carbons (Fsp3) is 0.118. The van der Waals surface area contributed by atoms with E-state index in [4.69, 9.17) is 27.9 Å². The molecule has 0 saturated heterocycles. The van der Waals surface area contributed by atoms with E-state index in [0.717, 1.165) is 6.07 Å². The van der Waals surface area contributed by atoms with Gasteiger partial charge in [0.05, 0.1) is 10.6 Å². The van der Waals surface area contributed by atoms with Gasteiger partial charge in [0, 0.05) is 10.6 Å². The molecule has 0 saturated carbocycles. The lowest BCUT2D eigenvalue weighted by Gasteiger charge is -2.07. The Morgan fingerprint density at radius 3 is 2.52 bits per heavy atom. The zero-order valence-electron chi connectivity index (χ0n) is 12.7. The van der Waals surface area contributed by atoms with Crippen molar-refractivity contribution in [3.8, 4) is 0 Å². The van der Waals surface area contributed by atoms with Crippen molar-refractivity contribution >= 4 is 40.9 Å². The van der Waals surface area contributed by atoms with Crippen molar-refractivity contribution in [1.82, 2.24) is 5.32 Å². The Morgan fingerprint density at radius 1 is 1.08 bits per heavy atom. The molecule has 5 nitrogen and oxygen atoms in total. The van der Waals surface area contributed by atoms with Crippen LogP contribution in [0, 0.1) is 5.82 Å². The van der Waals surface area contributed by atoms with Gasteiger partial charge in [-0.2, -0.15) is 0 Å². The van der Waals surface area contributed by atoms with Crippen LogP contribution in [-0.2, 0) is 9.53 Å². The molecule has 0 fully saturated rings. The molecule has 0 aromatic heterocycles. The predicted molar refractivity (Wildman–Crippen MR) is 90.5 cm³/mol. The number of ether oxygens (including phenoxy) is 1. The Morgan fingerprint density at radius 2 is 1.84 bits per heavy atom. The number of ketones is 1. The quantitative estimate of drug-likeness (QED) is 0.613. The Kier molecular flexibility index (Phi) is 6.50. The number of Topliss-reactive ketones (excluding diaryl/α,β-unsaturated/α-hetero) is 1. The third-order valence-electron chi connectivity index (χ3n) is 3.08. The number of hydrogen-bond donors (Lipinski definition) is 1. The molecule has 0 bridgehead atoms. The summed E-state index contributed by atoms with van der Waals surface area (Å²) in [6, 6.07) is 9.32. The van der Waals surface area contributed by atoms with E-state index >= 15 is 0 Å². The van der Waals surface area contributed by atoms with Crippen LogP contribution in [0.5, 0.6) is 0 Å². The molecule has 0 spiro atoms. The zero-order valence-corrected chi connectivity index (χ0v) is 14.2. The third kappa shape index (κ3) is 5.55. The van der Waals surface area contributed by atoms with Crippen LogP contribution in [0.4, 0.5) is 4.39 Å². The normalized spacial score (nSPS) is 10.2. The Balaban J connectivity index is 1.82. The van der Waals surface area contributed by atoms with E-state index < -0.39 is 36.6 Å². The van der Waals surface area contributed by atoms with Crippen LogP contribution in [0.2, 0.25) is 10.0 Å². The van der Waals surface area contributed by atoms with Gasteiger partial charge in [0.15, 0.2) is 12.4 Å². The number of amides is 1. The molecular weight excluding hydrogens is 372 g/mol. The van der Waals surface area contributed by atoms with Gasteiger partial charge >= 0.3 is 5.97 Å². The predicted octanol–water partition coefficient (Wildman–Crippen LogP) is 3.29. The molecule has 1 amide bonds. The summed E-state index contributed by atoms with van der Waals surface area (Å²) in [6.07, 6.45) is 0. The molecule has 1 N–H and O–H groups in total. The highest BCUT2D eigenvalue weighted by Crippen LogP contribution is 2.20. The van der Waals surface area contributed by atoms with Crippen molar-refractivity contribution in [2.24, 2.45) is 0 Å². The highest BCUT2D eigenvalue weighted by atomic mass is 35.5. The number of nitrogens with one attached hydrogen (secondary N) is 1. The summed E-state index contributed by atoms with van der Waals surface area (Å²) in [7, 11) is 0. The highest BCUT2D eigenvalue weighted by molar-refractivity contribution is 6.36. The van der Waals surface area contributed by atoms with Crippen LogP contribution >= 0.6 is 23.2 Å². The van der Waals surface area contributed by atoms with Gasteiger partial charge in [-0.3, -0.25) is 14.4 Å². The Hall–Kier alpha value is -2.44. The monoisotopic (exact) mass is 383 g/mol. The van der Waals surface area contributed by atoms with Crippen LogP contribution in [0.1, 0.15) is 20.7 Å². The maximum absolute atomic E-state index is 13.0. The molecule has 25 heavy (non-hydrogen) atoms. The molecule has 0 unspecified atom stereocenters. The first-order valence-corrected chi connectivity index (χ1v) is 7.80. The summed E-state index contributed by atoms with van der Waals surface area (Å²) < 4.78 is 17.8. The van der Waals surface area contributed by atoms with E-state index in [1.807, 2.05) is 0 Å². The SMILES string of the molecule is O=C(CNC(=O)c1ccc(Cl)cc1Cl)OCC(=O)c1cccc(F)c1. The molecule has 0 radical (unpaired) electrons. The third-order valence-corrected chi connectivity index (χ3v) is 3.63. The van der Waals surface area contributed by atoms with Crippen LogP contribution in [-0.4, -0.2) is 30.8 Å². The molecule has 0 atom stereocenters. The smallest absolute Gasteiger partial charge is 0.325 e. The lowest BCUT2D eigenvalue weighted by Crippen LogP contribution is -2.31. The lowest BCUT2D eigenvalue weighted by molar-refractivity contribution is -0.141. The number of halogens is 3. The molecule has 2 aromatic rings.